The van der Waals surface area contributed by atoms with E-state index in [1.165, 1.54) is 0 Å². The van der Waals surface area contributed by atoms with Crippen molar-refractivity contribution in [3.8, 4) is 17.2 Å². The molecule has 1 atom stereocenters. The molecule has 2 aromatic carbocycles. The lowest BCUT2D eigenvalue weighted by molar-refractivity contribution is -0.118. The molecule has 0 aromatic heterocycles. The van der Waals surface area contributed by atoms with Crippen LogP contribution in [0.1, 0.15) is 32.4 Å². The third-order valence-corrected chi connectivity index (χ3v) is 10.4. The summed E-state index contributed by atoms with van der Waals surface area (Å²) in [6.45, 7) is 15.0. The van der Waals surface area contributed by atoms with Crippen molar-refractivity contribution < 1.29 is 18.7 Å². The average molecular weight is 426 g/mol. The molecule has 0 saturated carbocycles. The smallest absolute Gasteiger partial charge is 0.256 e. The maximum Gasteiger partial charge on any atom is 0.256 e. The molecule has 0 unspecified atom stereocenters. The van der Waals surface area contributed by atoms with Gasteiger partial charge >= 0.3 is 0 Å². The second-order valence-corrected chi connectivity index (χ2v) is 13.8. The summed E-state index contributed by atoms with van der Waals surface area (Å²) in [4.78, 5) is 14.4. The molecular formula is C24H31NO4Si. The summed E-state index contributed by atoms with van der Waals surface area (Å²) in [5.74, 6) is 2.07. The monoisotopic (exact) mass is 425 g/mol. The van der Waals surface area contributed by atoms with Crippen molar-refractivity contribution in [2.24, 2.45) is 0 Å². The van der Waals surface area contributed by atoms with Crippen LogP contribution in [0.4, 0.5) is 5.69 Å². The molecule has 0 N–H and O–H groups in total. The molecule has 3 rings (SSSR count). The van der Waals surface area contributed by atoms with Crippen LogP contribution in [0.5, 0.6) is 17.2 Å². The van der Waals surface area contributed by atoms with E-state index in [9.17, 15) is 4.79 Å². The quantitative estimate of drug-likeness (QED) is 0.337. The van der Waals surface area contributed by atoms with Crippen molar-refractivity contribution in [2.75, 3.05) is 19.1 Å². The number of hydrogen-bond acceptors (Lipinski definition) is 4. The van der Waals surface area contributed by atoms with E-state index in [0.29, 0.717) is 17.1 Å². The summed E-state index contributed by atoms with van der Waals surface area (Å²) in [5, 5.41) is 0.0547. The maximum absolute atomic E-state index is 12.6. The molecule has 0 aliphatic carbocycles. The Kier molecular flexibility index (Phi) is 5.74. The van der Waals surface area contributed by atoms with Crippen molar-refractivity contribution in [1.82, 2.24) is 0 Å². The lowest BCUT2D eigenvalue weighted by Gasteiger charge is -2.43. The minimum absolute atomic E-state index is 0.0547. The molecule has 0 radical (unpaired) electrons. The Hall–Kier alpha value is -2.73. The van der Waals surface area contributed by atoms with E-state index in [4.69, 9.17) is 13.9 Å². The van der Waals surface area contributed by atoms with Gasteiger partial charge in [0.25, 0.3) is 14.2 Å². The second kappa shape index (κ2) is 7.83. The average Bonchev–Trinajstić information content (AvgIpc) is 2.70. The normalized spacial score (nSPS) is 16.9. The Morgan fingerprint density at radius 3 is 2.13 bits per heavy atom. The largest absolute Gasteiger partial charge is 0.541 e. The third-order valence-electron chi connectivity index (χ3n) is 6.11. The van der Waals surface area contributed by atoms with Crippen LogP contribution >= 0.6 is 0 Å². The summed E-state index contributed by atoms with van der Waals surface area (Å²) < 4.78 is 17.3. The standard InChI is InChI=1S/C24H31NO4Si/c1-16-22(25(23(16)26)18-10-12-19(27-5)13-11-18)17-9-14-20(28-6)21(15-17)29-30(7,8)24(2,3)4/h9-15,22H,1H2,2-8H3/t22-/m1/s1. The number of amides is 1. The van der Waals surface area contributed by atoms with E-state index in [1.54, 1.807) is 19.1 Å². The minimum atomic E-state index is -2.06. The summed E-state index contributed by atoms with van der Waals surface area (Å²) in [6.07, 6.45) is 0. The lowest BCUT2D eigenvalue weighted by atomic mass is 9.88. The van der Waals surface area contributed by atoms with E-state index in [1.807, 2.05) is 42.5 Å². The zero-order valence-electron chi connectivity index (χ0n) is 18.9. The first kappa shape index (κ1) is 22.0. The topological polar surface area (TPSA) is 48.0 Å². The molecule has 1 saturated heterocycles. The van der Waals surface area contributed by atoms with Crippen LogP contribution < -0.4 is 18.8 Å². The minimum Gasteiger partial charge on any atom is -0.541 e. The van der Waals surface area contributed by atoms with Crippen LogP contribution in [0.15, 0.2) is 54.6 Å². The summed E-state index contributed by atoms with van der Waals surface area (Å²) in [7, 11) is 1.20. The number of ether oxygens (including phenoxy) is 2. The number of methoxy groups -OCH3 is 2. The molecular weight excluding hydrogens is 394 g/mol. The highest BCUT2D eigenvalue weighted by Gasteiger charge is 2.44. The molecule has 1 amide bonds. The van der Waals surface area contributed by atoms with Crippen molar-refractivity contribution in [3.63, 3.8) is 0 Å². The van der Waals surface area contributed by atoms with Gasteiger partial charge in [-0.1, -0.05) is 33.4 Å². The molecule has 2 aromatic rings. The summed E-state index contributed by atoms with van der Waals surface area (Å²) in [5.41, 5.74) is 2.32. The van der Waals surface area contributed by atoms with Crippen molar-refractivity contribution in [2.45, 2.75) is 44.9 Å². The lowest BCUT2D eigenvalue weighted by Crippen LogP contribution is -2.49. The number of carbonyl (C=O) groups excluding carboxylic acids is 1. The number of benzene rings is 2. The first-order chi connectivity index (χ1) is 14.0. The van der Waals surface area contributed by atoms with E-state index < -0.39 is 8.32 Å². The fourth-order valence-electron chi connectivity index (χ4n) is 3.21. The van der Waals surface area contributed by atoms with Crippen molar-refractivity contribution >= 4 is 19.9 Å². The zero-order chi connectivity index (χ0) is 22.3. The molecule has 30 heavy (non-hydrogen) atoms. The van der Waals surface area contributed by atoms with Gasteiger partial charge < -0.3 is 13.9 Å². The number of anilines is 1. The highest BCUT2D eigenvalue weighted by molar-refractivity contribution is 6.74. The van der Waals surface area contributed by atoms with Gasteiger partial charge in [0.15, 0.2) is 5.75 Å². The molecule has 1 fully saturated rings. The highest BCUT2D eigenvalue weighted by Crippen LogP contribution is 2.46. The fraction of sp³-hybridized carbons (Fsp3) is 0.375. The number of nitrogens with zero attached hydrogens (tertiary/aromatic N) is 1. The summed E-state index contributed by atoms with van der Waals surface area (Å²) >= 11 is 0. The number of carbonyl (C=O) groups is 1. The van der Waals surface area contributed by atoms with Crippen molar-refractivity contribution in [1.29, 1.82) is 0 Å². The second-order valence-electron chi connectivity index (χ2n) is 9.07. The molecule has 5 nitrogen and oxygen atoms in total. The van der Waals surface area contributed by atoms with Crippen LogP contribution in [-0.4, -0.2) is 28.4 Å². The van der Waals surface area contributed by atoms with Gasteiger partial charge in [-0.3, -0.25) is 9.69 Å². The Labute approximate surface area is 180 Å². The van der Waals surface area contributed by atoms with Gasteiger partial charge in [0.1, 0.15) is 11.5 Å². The number of hydrogen-bond donors (Lipinski definition) is 0. The third kappa shape index (κ3) is 3.84. The predicted molar refractivity (Wildman–Crippen MR) is 123 cm³/mol. The fourth-order valence-corrected chi connectivity index (χ4v) is 4.22. The van der Waals surface area contributed by atoms with Crippen LogP contribution in [0.2, 0.25) is 18.1 Å². The maximum atomic E-state index is 12.6. The van der Waals surface area contributed by atoms with Crippen LogP contribution in [0.25, 0.3) is 0 Å². The van der Waals surface area contributed by atoms with Crippen LogP contribution in [-0.2, 0) is 4.79 Å². The summed E-state index contributed by atoms with van der Waals surface area (Å²) in [6, 6.07) is 13.1. The van der Waals surface area contributed by atoms with E-state index in [2.05, 4.69) is 40.4 Å². The van der Waals surface area contributed by atoms with Crippen LogP contribution in [0, 0.1) is 0 Å². The van der Waals surface area contributed by atoms with Gasteiger partial charge in [-0.15, -0.1) is 0 Å². The van der Waals surface area contributed by atoms with Gasteiger partial charge in [-0.2, -0.15) is 0 Å². The first-order valence-electron chi connectivity index (χ1n) is 10.0. The molecule has 1 heterocycles. The first-order valence-corrected chi connectivity index (χ1v) is 12.9. The van der Waals surface area contributed by atoms with Crippen molar-refractivity contribution in [3.05, 3.63) is 60.2 Å². The van der Waals surface area contributed by atoms with Gasteiger partial charge in [-0.25, -0.2) is 0 Å². The van der Waals surface area contributed by atoms with Gasteiger partial charge in [-0.05, 0) is 60.1 Å². The molecule has 0 spiro atoms. The predicted octanol–water partition coefficient (Wildman–Crippen LogP) is 5.73. The molecule has 160 valence electrons. The van der Waals surface area contributed by atoms with E-state index in [-0.39, 0.29) is 17.0 Å². The Morgan fingerprint density at radius 2 is 1.60 bits per heavy atom. The highest BCUT2D eigenvalue weighted by atomic mass is 28.4. The Morgan fingerprint density at radius 1 is 0.967 bits per heavy atom. The van der Waals surface area contributed by atoms with Gasteiger partial charge in [0, 0.05) is 11.3 Å². The molecule has 1 aliphatic rings. The zero-order valence-corrected chi connectivity index (χ0v) is 19.9. The number of β-lactam (4-membered cyclic amide) rings is 1. The van der Waals surface area contributed by atoms with Gasteiger partial charge in [0.05, 0.1) is 20.3 Å². The molecule has 1 aliphatic heterocycles. The Bertz CT molecular complexity index is 960. The van der Waals surface area contributed by atoms with E-state index in [0.717, 1.165) is 17.0 Å². The van der Waals surface area contributed by atoms with Crippen LogP contribution in [0.3, 0.4) is 0 Å². The molecule has 0 bridgehead atoms. The molecule has 6 heteroatoms. The van der Waals surface area contributed by atoms with E-state index >= 15 is 0 Å². The number of rotatable bonds is 6. The van der Waals surface area contributed by atoms with Gasteiger partial charge in [0.2, 0.25) is 0 Å². The SMILES string of the molecule is C=C1C(=O)N(c2ccc(OC)cc2)[C@H]1c1ccc(OC)c(O[Si](C)(C)C(C)(C)C)c1. The Balaban J connectivity index is 1.97.